The van der Waals surface area contributed by atoms with Gasteiger partial charge in [0.1, 0.15) is 0 Å². The Morgan fingerprint density at radius 3 is 2.95 bits per heavy atom. The van der Waals surface area contributed by atoms with Crippen LogP contribution in [0.4, 0.5) is 8.78 Å². The molecule has 0 heterocycles. The van der Waals surface area contributed by atoms with Crippen molar-refractivity contribution in [3.05, 3.63) is 36.5 Å². The third-order valence-electron chi connectivity index (χ3n) is 4.76. The highest BCUT2D eigenvalue weighted by molar-refractivity contribution is 5.26. The molecular weight excluding hydrogens is 242 g/mol. The van der Waals surface area contributed by atoms with Gasteiger partial charge in [0.2, 0.25) is 0 Å². The third-order valence-corrected chi connectivity index (χ3v) is 4.76. The summed E-state index contributed by atoms with van der Waals surface area (Å²) < 4.78 is 26.5. The molecule has 0 N–H and O–H groups in total. The van der Waals surface area contributed by atoms with E-state index < -0.39 is 5.92 Å². The standard InChI is InChI=1S/C17H24F2/c1-4-17(18,19)9-8-13(2)16(3)11-14-6-5-7-15(10-14)12-16/h4,11,15H,1-2,5-10,12H2,3H3. The van der Waals surface area contributed by atoms with Crippen LogP contribution in [0.3, 0.4) is 0 Å². The first kappa shape index (κ1) is 14.5. The minimum Gasteiger partial charge on any atom is -0.202 e. The lowest BCUT2D eigenvalue weighted by Gasteiger charge is -2.41. The molecule has 2 bridgehead atoms. The predicted molar refractivity (Wildman–Crippen MR) is 76.3 cm³/mol. The Balaban J connectivity index is 2.04. The van der Waals surface area contributed by atoms with E-state index in [-0.39, 0.29) is 11.8 Å². The highest BCUT2D eigenvalue weighted by atomic mass is 19.3. The van der Waals surface area contributed by atoms with Gasteiger partial charge in [0.25, 0.3) is 5.92 Å². The topological polar surface area (TPSA) is 0 Å². The normalized spacial score (nSPS) is 30.7. The van der Waals surface area contributed by atoms with Gasteiger partial charge in [-0.1, -0.05) is 37.3 Å². The third kappa shape index (κ3) is 3.34. The molecular formula is C17H24F2. The van der Waals surface area contributed by atoms with Gasteiger partial charge in [0, 0.05) is 11.8 Å². The molecule has 2 aliphatic rings. The van der Waals surface area contributed by atoms with E-state index in [0.717, 1.165) is 24.0 Å². The number of rotatable bonds is 5. The zero-order chi connectivity index (χ0) is 14.1. The fraction of sp³-hybridized carbons (Fsp3) is 0.647. The van der Waals surface area contributed by atoms with Crippen molar-refractivity contribution in [3.8, 4) is 0 Å². The Labute approximate surface area is 115 Å². The molecule has 2 heteroatoms. The Hall–Kier alpha value is -0.920. The largest absolute Gasteiger partial charge is 0.266 e. The predicted octanol–water partition coefficient (Wildman–Crippen LogP) is 5.67. The van der Waals surface area contributed by atoms with E-state index in [1.807, 2.05) is 0 Å². The summed E-state index contributed by atoms with van der Waals surface area (Å²) in [6.07, 6.45) is 9.32. The molecule has 19 heavy (non-hydrogen) atoms. The molecule has 106 valence electrons. The van der Waals surface area contributed by atoms with E-state index in [4.69, 9.17) is 0 Å². The van der Waals surface area contributed by atoms with Gasteiger partial charge in [0.05, 0.1) is 0 Å². The second-order valence-corrected chi connectivity index (χ2v) is 6.46. The molecule has 0 aliphatic heterocycles. The molecule has 0 radical (unpaired) electrons. The maximum Gasteiger partial charge on any atom is 0.266 e. The van der Waals surface area contributed by atoms with E-state index in [1.54, 1.807) is 0 Å². The molecule has 0 nitrogen and oxygen atoms in total. The molecule has 2 unspecified atom stereocenters. The van der Waals surface area contributed by atoms with E-state index in [1.165, 1.54) is 31.3 Å². The van der Waals surface area contributed by atoms with E-state index in [2.05, 4.69) is 26.2 Å². The van der Waals surface area contributed by atoms with Crippen LogP contribution in [0.25, 0.3) is 0 Å². The van der Waals surface area contributed by atoms with Crippen molar-refractivity contribution in [2.75, 3.05) is 0 Å². The first-order chi connectivity index (χ1) is 8.85. The van der Waals surface area contributed by atoms with Crippen LogP contribution in [-0.4, -0.2) is 5.92 Å². The van der Waals surface area contributed by atoms with Gasteiger partial charge in [-0.25, -0.2) is 8.78 Å². The van der Waals surface area contributed by atoms with Crippen molar-refractivity contribution >= 4 is 0 Å². The average molecular weight is 266 g/mol. The van der Waals surface area contributed by atoms with Crippen LogP contribution in [-0.2, 0) is 0 Å². The van der Waals surface area contributed by atoms with Crippen LogP contribution in [0.1, 0.15) is 51.9 Å². The first-order valence-electron chi connectivity index (χ1n) is 7.25. The highest BCUT2D eigenvalue weighted by Crippen LogP contribution is 2.48. The van der Waals surface area contributed by atoms with Gasteiger partial charge in [0.15, 0.2) is 0 Å². The maximum absolute atomic E-state index is 13.3. The summed E-state index contributed by atoms with van der Waals surface area (Å²) in [5.74, 6) is -2.04. The Kier molecular flexibility index (Phi) is 3.98. The van der Waals surface area contributed by atoms with E-state index in [9.17, 15) is 8.78 Å². The first-order valence-corrected chi connectivity index (χ1v) is 7.25. The summed E-state index contributed by atoms with van der Waals surface area (Å²) in [5, 5.41) is 0. The van der Waals surface area contributed by atoms with Gasteiger partial charge in [-0.3, -0.25) is 0 Å². The van der Waals surface area contributed by atoms with Crippen molar-refractivity contribution in [1.29, 1.82) is 0 Å². The van der Waals surface area contributed by atoms with Crippen LogP contribution in [0.15, 0.2) is 36.5 Å². The number of alkyl halides is 2. The number of hydrogen-bond donors (Lipinski definition) is 0. The summed E-state index contributed by atoms with van der Waals surface area (Å²) in [7, 11) is 0. The smallest absolute Gasteiger partial charge is 0.202 e. The fourth-order valence-corrected chi connectivity index (χ4v) is 3.56. The molecule has 0 aromatic rings. The number of fused-ring (bicyclic) bond motifs is 2. The summed E-state index contributed by atoms with van der Waals surface area (Å²) in [6.45, 7) is 9.46. The SMILES string of the molecule is C=CC(F)(F)CCC(=C)C1(C)C=C2CCCC(C2)C1. The van der Waals surface area contributed by atoms with Crippen molar-refractivity contribution in [3.63, 3.8) is 0 Å². The Morgan fingerprint density at radius 2 is 2.32 bits per heavy atom. The Morgan fingerprint density at radius 1 is 1.58 bits per heavy atom. The minimum atomic E-state index is -2.77. The molecule has 0 aromatic carbocycles. The van der Waals surface area contributed by atoms with Crippen molar-refractivity contribution in [2.24, 2.45) is 11.3 Å². The summed E-state index contributed by atoms with van der Waals surface area (Å²) in [4.78, 5) is 0. The van der Waals surface area contributed by atoms with Gasteiger partial charge in [-0.2, -0.15) is 0 Å². The fourth-order valence-electron chi connectivity index (χ4n) is 3.56. The number of hydrogen-bond acceptors (Lipinski definition) is 0. The van der Waals surface area contributed by atoms with Gasteiger partial charge in [-0.05, 0) is 50.5 Å². The second-order valence-electron chi connectivity index (χ2n) is 6.46. The summed E-state index contributed by atoms with van der Waals surface area (Å²) in [5.41, 5.74) is 2.40. The zero-order valence-electron chi connectivity index (χ0n) is 11.9. The lowest BCUT2D eigenvalue weighted by Crippen LogP contribution is -2.28. The van der Waals surface area contributed by atoms with Crippen LogP contribution in [0.2, 0.25) is 0 Å². The molecule has 0 saturated heterocycles. The lowest BCUT2D eigenvalue weighted by molar-refractivity contribution is 0.0450. The van der Waals surface area contributed by atoms with Gasteiger partial charge < -0.3 is 0 Å². The van der Waals surface area contributed by atoms with Gasteiger partial charge >= 0.3 is 0 Å². The van der Waals surface area contributed by atoms with E-state index in [0.29, 0.717) is 6.42 Å². The highest BCUT2D eigenvalue weighted by Gasteiger charge is 2.36. The number of allylic oxidation sites excluding steroid dienone is 4. The molecule has 0 aromatic heterocycles. The Bertz CT molecular complexity index is 405. The van der Waals surface area contributed by atoms with Crippen LogP contribution < -0.4 is 0 Å². The van der Waals surface area contributed by atoms with Crippen LogP contribution >= 0.6 is 0 Å². The van der Waals surface area contributed by atoms with Gasteiger partial charge in [-0.15, -0.1) is 0 Å². The van der Waals surface area contributed by atoms with Crippen molar-refractivity contribution < 1.29 is 8.78 Å². The van der Waals surface area contributed by atoms with Crippen molar-refractivity contribution in [2.45, 2.75) is 57.8 Å². The number of halogens is 2. The molecule has 0 spiro atoms. The van der Waals surface area contributed by atoms with Crippen LogP contribution in [0, 0.1) is 11.3 Å². The van der Waals surface area contributed by atoms with Crippen molar-refractivity contribution in [1.82, 2.24) is 0 Å². The van der Waals surface area contributed by atoms with Crippen LogP contribution in [0.5, 0.6) is 0 Å². The lowest BCUT2D eigenvalue weighted by atomic mass is 9.64. The molecule has 2 rings (SSSR count). The zero-order valence-corrected chi connectivity index (χ0v) is 11.9. The quantitative estimate of drug-likeness (QED) is 0.562. The molecule has 2 atom stereocenters. The van der Waals surface area contributed by atoms with E-state index >= 15 is 0 Å². The minimum absolute atomic E-state index is 0.0735. The molecule has 1 saturated carbocycles. The molecule has 1 fully saturated rings. The second kappa shape index (κ2) is 5.22. The maximum atomic E-state index is 13.3. The summed E-state index contributed by atoms with van der Waals surface area (Å²) >= 11 is 0. The summed E-state index contributed by atoms with van der Waals surface area (Å²) in [6, 6.07) is 0. The average Bonchev–Trinajstić information content (AvgIpc) is 2.35. The monoisotopic (exact) mass is 266 g/mol. The molecule has 0 amide bonds. The molecule has 2 aliphatic carbocycles.